The number of benzene rings is 2. The second-order valence-electron chi connectivity index (χ2n) is 5.38. The molecule has 0 aliphatic carbocycles. The summed E-state index contributed by atoms with van der Waals surface area (Å²) in [5.74, 6) is 0.746. The molecular formula is C19H20Cl2O5. The summed E-state index contributed by atoms with van der Waals surface area (Å²) in [5, 5.41) is 9.83. The summed E-state index contributed by atoms with van der Waals surface area (Å²) >= 11 is 12.1. The van der Waals surface area contributed by atoms with Crippen LogP contribution in [0.1, 0.15) is 18.9 Å². The van der Waals surface area contributed by atoms with Crippen molar-refractivity contribution in [2.45, 2.75) is 19.8 Å². The topological polar surface area (TPSA) is 65.0 Å². The van der Waals surface area contributed by atoms with Gasteiger partial charge in [-0.05, 0) is 55.3 Å². The molecule has 0 unspecified atom stereocenters. The summed E-state index contributed by atoms with van der Waals surface area (Å²) in [5.41, 5.74) is 0.783. The van der Waals surface area contributed by atoms with E-state index in [0.29, 0.717) is 46.9 Å². The second kappa shape index (κ2) is 10.1. The van der Waals surface area contributed by atoms with E-state index in [0.717, 1.165) is 5.56 Å². The Morgan fingerprint density at radius 1 is 1.04 bits per heavy atom. The molecule has 2 aromatic carbocycles. The van der Waals surface area contributed by atoms with Crippen molar-refractivity contribution >= 4 is 29.2 Å². The van der Waals surface area contributed by atoms with E-state index >= 15 is 0 Å². The first-order chi connectivity index (χ1) is 12.5. The van der Waals surface area contributed by atoms with Crippen molar-refractivity contribution in [3.8, 4) is 17.2 Å². The van der Waals surface area contributed by atoms with Crippen LogP contribution in [-0.4, -0.2) is 30.9 Å². The summed E-state index contributed by atoms with van der Waals surface area (Å²) in [6.45, 7) is 2.89. The number of hydrogen-bond acceptors (Lipinski definition) is 4. The maximum absolute atomic E-state index is 10.7. The highest BCUT2D eigenvalue weighted by Crippen LogP contribution is 2.37. The van der Waals surface area contributed by atoms with Crippen LogP contribution in [0.3, 0.4) is 0 Å². The summed E-state index contributed by atoms with van der Waals surface area (Å²) in [7, 11) is 0. The Bertz CT molecular complexity index is 731. The van der Waals surface area contributed by atoms with Crippen LogP contribution in [0.2, 0.25) is 10.0 Å². The number of carboxylic acids is 1. The number of halogens is 2. The molecule has 2 aromatic rings. The van der Waals surface area contributed by atoms with Gasteiger partial charge in [0.15, 0.2) is 11.5 Å². The number of hydrogen-bond donors (Lipinski definition) is 1. The number of carboxylic acid groups (broad SMARTS) is 1. The SMILES string of the molecule is CCOc1cc(CCC(=O)O)cc(Cl)c1OCCOc1ccc(Cl)cc1. The van der Waals surface area contributed by atoms with Gasteiger partial charge in [0.05, 0.1) is 11.6 Å². The highest BCUT2D eigenvalue weighted by molar-refractivity contribution is 6.32. The van der Waals surface area contributed by atoms with Gasteiger partial charge in [-0.3, -0.25) is 4.79 Å². The summed E-state index contributed by atoms with van der Waals surface area (Å²) in [4.78, 5) is 10.7. The predicted molar refractivity (Wildman–Crippen MR) is 101 cm³/mol. The number of aliphatic carboxylic acids is 1. The molecule has 0 fully saturated rings. The van der Waals surface area contributed by atoms with Crippen molar-refractivity contribution in [3.63, 3.8) is 0 Å². The molecule has 0 radical (unpaired) electrons. The zero-order valence-electron chi connectivity index (χ0n) is 14.3. The molecule has 0 aromatic heterocycles. The van der Waals surface area contributed by atoms with Gasteiger partial charge in [-0.1, -0.05) is 23.2 Å². The Morgan fingerprint density at radius 2 is 1.73 bits per heavy atom. The van der Waals surface area contributed by atoms with Crippen molar-refractivity contribution in [3.05, 3.63) is 52.0 Å². The standard InChI is InChI=1S/C19H20Cl2O5/c1-2-24-17-12-13(3-8-18(22)23)11-16(21)19(17)26-10-9-25-15-6-4-14(20)5-7-15/h4-7,11-12H,2-3,8-10H2,1H3,(H,22,23). The summed E-state index contributed by atoms with van der Waals surface area (Å²) in [6.07, 6.45) is 0.395. The van der Waals surface area contributed by atoms with Gasteiger partial charge in [-0.15, -0.1) is 0 Å². The van der Waals surface area contributed by atoms with Crippen LogP contribution in [0.5, 0.6) is 17.2 Å². The minimum absolute atomic E-state index is 0.0248. The van der Waals surface area contributed by atoms with E-state index in [1.165, 1.54) is 0 Å². The molecule has 0 aliphatic rings. The Labute approximate surface area is 162 Å². The Hall–Kier alpha value is -2.11. The third kappa shape index (κ3) is 6.32. The highest BCUT2D eigenvalue weighted by atomic mass is 35.5. The fourth-order valence-corrected chi connectivity index (χ4v) is 2.67. The summed E-state index contributed by atoms with van der Waals surface area (Å²) < 4.78 is 16.9. The molecule has 26 heavy (non-hydrogen) atoms. The van der Waals surface area contributed by atoms with Gasteiger partial charge >= 0.3 is 5.97 Å². The second-order valence-corrected chi connectivity index (χ2v) is 6.23. The lowest BCUT2D eigenvalue weighted by molar-refractivity contribution is -0.136. The van der Waals surface area contributed by atoms with Crippen molar-refractivity contribution in [1.29, 1.82) is 0 Å². The van der Waals surface area contributed by atoms with E-state index in [4.69, 9.17) is 42.5 Å². The third-order valence-electron chi connectivity index (χ3n) is 3.41. The predicted octanol–water partition coefficient (Wildman–Crippen LogP) is 4.87. The lowest BCUT2D eigenvalue weighted by Crippen LogP contribution is -2.10. The third-order valence-corrected chi connectivity index (χ3v) is 3.94. The molecule has 0 aliphatic heterocycles. The van der Waals surface area contributed by atoms with Gasteiger partial charge in [-0.2, -0.15) is 0 Å². The lowest BCUT2D eigenvalue weighted by atomic mass is 10.1. The van der Waals surface area contributed by atoms with E-state index < -0.39 is 5.97 Å². The van der Waals surface area contributed by atoms with Gasteiger partial charge < -0.3 is 19.3 Å². The quantitative estimate of drug-likeness (QED) is 0.578. The molecule has 0 heterocycles. The molecule has 7 heteroatoms. The van der Waals surface area contributed by atoms with Crippen molar-refractivity contribution in [1.82, 2.24) is 0 Å². The largest absolute Gasteiger partial charge is 0.490 e. The van der Waals surface area contributed by atoms with Gasteiger partial charge in [-0.25, -0.2) is 0 Å². The van der Waals surface area contributed by atoms with Crippen LogP contribution in [0.4, 0.5) is 0 Å². The minimum atomic E-state index is -0.862. The Balaban J connectivity index is 1.97. The number of ether oxygens (including phenoxy) is 3. The number of rotatable bonds is 10. The smallest absolute Gasteiger partial charge is 0.303 e. The molecule has 140 valence electrons. The van der Waals surface area contributed by atoms with Crippen LogP contribution >= 0.6 is 23.2 Å². The molecule has 5 nitrogen and oxygen atoms in total. The number of aryl methyl sites for hydroxylation is 1. The van der Waals surface area contributed by atoms with Gasteiger partial charge in [0, 0.05) is 11.4 Å². The normalized spacial score (nSPS) is 10.4. The van der Waals surface area contributed by atoms with E-state index in [1.54, 1.807) is 36.4 Å². The fourth-order valence-electron chi connectivity index (χ4n) is 2.25. The molecular weight excluding hydrogens is 379 g/mol. The lowest BCUT2D eigenvalue weighted by Gasteiger charge is -2.15. The maximum atomic E-state index is 10.7. The average Bonchev–Trinajstić information content (AvgIpc) is 2.60. The van der Waals surface area contributed by atoms with Gasteiger partial charge in [0.25, 0.3) is 0 Å². The van der Waals surface area contributed by atoms with Crippen LogP contribution in [0, 0.1) is 0 Å². The van der Waals surface area contributed by atoms with Crippen LogP contribution in [0.15, 0.2) is 36.4 Å². The first-order valence-corrected chi connectivity index (χ1v) is 8.93. The molecule has 0 saturated heterocycles. The van der Waals surface area contributed by atoms with E-state index in [1.807, 2.05) is 6.92 Å². The minimum Gasteiger partial charge on any atom is -0.490 e. The maximum Gasteiger partial charge on any atom is 0.303 e. The van der Waals surface area contributed by atoms with Crippen molar-refractivity contribution in [2.75, 3.05) is 19.8 Å². The summed E-state index contributed by atoms with van der Waals surface area (Å²) in [6, 6.07) is 10.5. The molecule has 0 bridgehead atoms. The molecule has 0 spiro atoms. The van der Waals surface area contributed by atoms with E-state index in [-0.39, 0.29) is 13.0 Å². The van der Waals surface area contributed by atoms with Crippen molar-refractivity contribution < 1.29 is 24.1 Å². The Kier molecular flexibility index (Phi) is 7.88. The van der Waals surface area contributed by atoms with Crippen LogP contribution < -0.4 is 14.2 Å². The first kappa shape index (κ1) is 20.2. The first-order valence-electron chi connectivity index (χ1n) is 8.17. The van der Waals surface area contributed by atoms with E-state index in [2.05, 4.69) is 0 Å². The zero-order valence-corrected chi connectivity index (χ0v) is 15.8. The monoisotopic (exact) mass is 398 g/mol. The fraction of sp³-hybridized carbons (Fsp3) is 0.316. The Morgan fingerprint density at radius 3 is 2.38 bits per heavy atom. The van der Waals surface area contributed by atoms with Crippen molar-refractivity contribution in [2.24, 2.45) is 0 Å². The van der Waals surface area contributed by atoms with Gasteiger partial charge in [0.2, 0.25) is 0 Å². The molecule has 1 N–H and O–H groups in total. The average molecular weight is 399 g/mol. The van der Waals surface area contributed by atoms with E-state index in [9.17, 15) is 4.79 Å². The molecule has 0 amide bonds. The van der Waals surface area contributed by atoms with Gasteiger partial charge in [0.1, 0.15) is 19.0 Å². The number of carbonyl (C=O) groups is 1. The molecule has 0 atom stereocenters. The zero-order chi connectivity index (χ0) is 18.9. The molecule has 0 saturated carbocycles. The van der Waals surface area contributed by atoms with Crippen LogP contribution in [-0.2, 0) is 11.2 Å². The highest BCUT2D eigenvalue weighted by Gasteiger charge is 2.13. The molecule has 2 rings (SSSR count). The van der Waals surface area contributed by atoms with Crippen LogP contribution in [0.25, 0.3) is 0 Å².